The van der Waals surface area contributed by atoms with Crippen LogP contribution in [0, 0.1) is 29.5 Å². The number of alkyl halides is 2. The summed E-state index contributed by atoms with van der Waals surface area (Å²) in [6.45, 7) is 11.2. The van der Waals surface area contributed by atoms with Crippen molar-refractivity contribution in [2.24, 2.45) is 23.7 Å². The van der Waals surface area contributed by atoms with Crippen LogP contribution in [0.2, 0.25) is 0 Å². The number of halogens is 3. The van der Waals surface area contributed by atoms with Gasteiger partial charge in [0.2, 0.25) is 5.91 Å². The fourth-order valence-corrected chi connectivity index (χ4v) is 10.1. The van der Waals surface area contributed by atoms with Crippen LogP contribution in [0.25, 0.3) is 0 Å². The van der Waals surface area contributed by atoms with Crippen LogP contribution >= 0.6 is 0 Å². The molecule has 4 atom stereocenters. The number of benzene rings is 2. The van der Waals surface area contributed by atoms with Crippen LogP contribution in [0.4, 0.5) is 23.7 Å². The highest BCUT2D eigenvalue weighted by Crippen LogP contribution is 2.51. The van der Waals surface area contributed by atoms with Gasteiger partial charge in [0.25, 0.3) is 5.92 Å². The number of alkyl carbamates (subject to hydrolysis) is 1. The molecule has 0 aromatic heterocycles. The molecule has 2 aromatic rings. The molecule has 282 valence electrons. The Hall–Kier alpha value is -3.57. The molecule has 4 heterocycles. The number of ether oxygens (including phenoxy) is 1. The molecule has 4 saturated heterocycles. The molecular weight excluding hydrogens is 667 g/mol. The predicted octanol–water partition coefficient (Wildman–Crippen LogP) is 6.27. The summed E-state index contributed by atoms with van der Waals surface area (Å²) in [5, 5.41) is 3.18. The van der Waals surface area contributed by atoms with Crippen LogP contribution in [0.3, 0.4) is 0 Å². The predicted molar refractivity (Wildman–Crippen MR) is 196 cm³/mol. The zero-order valence-electron chi connectivity index (χ0n) is 30.5. The molecule has 0 radical (unpaired) electrons. The zero-order valence-corrected chi connectivity index (χ0v) is 30.5. The molecule has 2 amide bonds. The van der Waals surface area contributed by atoms with Crippen LogP contribution in [-0.4, -0.2) is 105 Å². The monoisotopic (exact) mass is 721 g/mol. The standard InChI is InChI=1S/C41H54F3N5O3/c1-3-38(50)49-26-33(27-49)41(43,44)31-11-13-35(14-12-31)48-22-15-29(25-48)24-46-20-16-30(17-21-46)40(28-47-18-6-19-47,32-7-4-8-34(42)23-32)36-9-5-10-37(36)45-39(51)52-2/h3-4,7-8,11-14,23,29-30,33,36-37H,1,5-6,9-10,15-22,24-28H2,2H3,(H,45,51)/t29-,36-,37-,40?/m0/s1. The molecule has 1 N–H and O–H groups in total. The van der Waals surface area contributed by atoms with E-state index in [1.807, 2.05) is 18.2 Å². The third kappa shape index (κ3) is 7.32. The number of nitrogens with one attached hydrogen (secondary N) is 1. The van der Waals surface area contributed by atoms with Gasteiger partial charge in [-0.2, -0.15) is 0 Å². The van der Waals surface area contributed by atoms with E-state index in [9.17, 15) is 14.0 Å². The minimum absolute atomic E-state index is 0.000928. The summed E-state index contributed by atoms with van der Waals surface area (Å²) in [7, 11) is 1.41. The average Bonchev–Trinajstić information content (AvgIpc) is 3.78. The van der Waals surface area contributed by atoms with Gasteiger partial charge in [0.05, 0.1) is 13.0 Å². The highest BCUT2D eigenvalue weighted by atomic mass is 19.3. The Kier molecular flexibility index (Phi) is 10.9. The number of carbonyl (C=O) groups excluding carboxylic acids is 2. The zero-order chi connectivity index (χ0) is 36.5. The number of methoxy groups -OCH3 is 1. The Balaban J connectivity index is 0.995. The van der Waals surface area contributed by atoms with Crippen LogP contribution < -0.4 is 10.2 Å². The summed E-state index contributed by atoms with van der Waals surface area (Å²) >= 11 is 0. The number of nitrogens with zero attached hydrogens (tertiary/aromatic N) is 4. The first-order valence-electron chi connectivity index (χ1n) is 19.3. The number of anilines is 1. The number of hydrogen-bond acceptors (Lipinski definition) is 6. The summed E-state index contributed by atoms with van der Waals surface area (Å²) < 4.78 is 50.5. The second-order valence-electron chi connectivity index (χ2n) is 15.9. The van der Waals surface area contributed by atoms with Crippen LogP contribution in [0.5, 0.6) is 0 Å². The molecule has 1 unspecified atom stereocenters. The van der Waals surface area contributed by atoms with Gasteiger partial charge in [-0.1, -0.05) is 37.3 Å². The Labute approximate surface area is 306 Å². The number of likely N-dealkylation sites (tertiary alicyclic amines) is 3. The quantitative estimate of drug-likeness (QED) is 0.261. The molecule has 52 heavy (non-hydrogen) atoms. The van der Waals surface area contributed by atoms with Gasteiger partial charge in [0.1, 0.15) is 5.82 Å². The lowest BCUT2D eigenvalue weighted by molar-refractivity contribution is -0.151. The van der Waals surface area contributed by atoms with E-state index in [0.29, 0.717) is 11.8 Å². The lowest BCUT2D eigenvalue weighted by Crippen LogP contribution is -2.59. The van der Waals surface area contributed by atoms with Crippen LogP contribution in [-0.2, 0) is 20.9 Å². The minimum Gasteiger partial charge on any atom is -0.453 e. The molecule has 0 spiro atoms. The van der Waals surface area contributed by atoms with Gasteiger partial charge >= 0.3 is 6.09 Å². The lowest BCUT2D eigenvalue weighted by atomic mass is 9.57. The first-order valence-corrected chi connectivity index (χ1v) is 19.3. The van der Waals surface area contributed by atoms with E-state index in [0.717, 1.165) is 102 Å². The van der Waals surface area contributed by atoms with Crippen molar-refractivity contribution >= 4 is 17.7 Å². The van der Waals surface area contributed by atoms with E-state index in [1.54, 1.807) is 18.2 Å². The minimum atomic E-state index is -2.99. The van der Waals surface area contributed by atoms with Crippen LogP contribution in [0.15, 0.2) is 61.2 Å². The Morgan fingerprint density at radius 2 is 1.63 bits per heavy atom. The van der Waals surface area contributed by atoms with E-state index < -0.39 is 17.9 Å². The summed E-state index contributed by atoms with van der Waals surface area (Å²) in [5.74, 6) is -3.37. The van der Waals surface area contributed by atoms with Crippen molar-refractivity contribution < 1.29 is 27.5 Å². The first-order chi connectivity index (χ1) is 25.1. The molecule has 1 aliphatic carbocycles. The smallest absolute Gasteiger partial charge is 0.407 e. The molecule has 4 aliphatic heterocycles. The van der Waals surface area contributed by atoms with Crippen molar-refractivity contribution in [3.05, 3.63) is 78.1 Å². The molecule has 7 rings (SSSR count). The summed E-state index contributed by atoms with van der Waals surface area (Å²) in [5.41, 5.74) is 1.74. The molecule has 1 saturated carbocycles. The molecule has 0 bridgehead atoms. The fourth-order valence-electron chi connectivity index (χ4n) is 10.1. The van der Waals surface area contributed by atoms with Gasteiger partial charge in [-0.05, 0) is 118 Å². The largest absolute Gasteiger partial charge is 0.453 e. The van der Waals surface area contributed by atoms with Gasteiger partial charge in [0.15, 0.2) is 0 Å². The number of amides is 2. The molecule has 11 heteroatoms. The SMILES string of the molecule is C=CC(=O)N1CC(C(F)(F)c2ccc(N3CC[C@@H](CN4CCC(C(CN5CCC5)(c5cccc(F)c5)[C@H]5CCC[C@@H]5NC(=O)OC)CC4)C3)cc2)C1. The first kappa shape index (κ1) is 36.8. The Morgan fingerprint density at radius 1 is 0.885 bits per heavy atom. The maximum atomic E-state index is 15.2. The van der Waals surface area contributed by atoms with E-state index in [2.05, 4.69) is 32.7 Å². The number of carbonyl (C=O) groups is 2. The molecule has 8 nitrogen and oxygen atoms in total. The van der Waals surface area contributed by atoms with Crippen molar-refractivity contribution in [2.75, 3.05) is 77.5 Å². The van der Waals surface area contributed by atoms with Gasteiger partial charge in [0, 0.05) is 62.0 Å². The average molecular weight is 722 g/mol. The Bertz CT molecular complexity index is 1570. The maximum absolute atomic E-state index is 15.2. The topological polar surface area (TPSA) is 68.4 Å². The molecule has 2 aromatic carbocycles. The maximum Gasteiger partial charge on any atom is 0.407 e. The van der Waals surface area contributed by atoms with Crippen LogP contribution in [0.1, 0.15) is 56.1 Å². The molecular formula is C41H54F3N5O3. The van der Waals surface area contributed by atoms with E-state index in [-0.39, 0.29) is 47.8 Å². The highest BCUT2D eigenvalue weighted by molar-refractivity contribution is 5.87. The number of rotatable bonds is 12. The van der Waals surface area contributed by atoms with Gasteiger partial charge in [-0.3, -0.25) is 4.79 Å². The van der Waals surface area contributed by atoms with Gasteiger partial charge < -0.3 is 29.7 Å². The normalized spacial score (nSPS) is 26.0. The molecule has 5 fully saturated rings. The summed E-state index contributed by atoms with van der Waals surface area (Å²) in [4.78, 5) is 33.1. The second-order valence-corrected chi connectivity index (χ2v) is 15.9. The van der Waals surface area contributed by atoms with E-state index in [1.165, 1.54) is 30.6 Å². The highest BCUT2D eigenvalue weighted by Gasteiger charge is 2.53. The van der Waals surface area contributed by atoms with Crippen molar-refractivity contribution in [2.45, 2.75) is 62.3 Å². The summed E-state index contributed by atoms with van der Waals surface area (Å²) in [6.07, 6.45) is 7.95. The van der Waals surface area contributed by atoms with Gasteiger partial charge in [-0.25, -0.2) is 18.0 Å². The third-order valence-electron chi connectivity index (χ3n) is 13.1. The number of piperidine rings is 1. The van der Waals surface area contributed by atoms with Crippen molar-refractivity contribution in [3.63, 3.8) is 0 Å². The second kappa shape index (κ2) is 15.4. The van der Waals surface area contributed by atoms with E-state index >= 15 is 8.78 Å². The van der Waals surface area contributed by atoms with Crippen molar-refractivity contribution in [1.82, 2.24) is 20.0 Å². The van der Waals surface area contributed by atoms with Crippen molar-refractivity contribution in [3.8, 4) is 0 Å². The summed E-state index contributed by atoms with van der Waals surface area (Å²) in [6, 6.07) is 14.0. The van der Waals surface area contributed by atoms with E-state index in [4.69, 9.17) is 4.74 Å². The third-order valence-corrected chi connectivity index (χ3v) is 13.1. The van der Waals surface area contributed by atoms with Crippen molar-refractivity contribution in [1.29, 1.82) is 0 Å². The molecule has 5 aliphatic rings. The van der Waals surface area contributed by atoms with Gasteiger partial charge in [-0.15, -0.1) is 0 Å². The lowest BCUT2D eigenvalue weighted by Gasteiger charge is -2.53. The number of hydrogen-bond donors (Lipinski definition) is 1. The Morgan fingerprint density at radius 3 is 2.29 bits per heavy atom. The fraction of sp³-hybridized carbons (Fsp3) is 0.610.